The minimum Gasteiger partial charge on any atom is -0.373 e. The van der Waals surface area contributed by atoms with Crippen LogP contribution in [0.15, 0.2) is 24.8 Å². The molecule has 0 saturated carbocycles. The van der Waals surface area contributed by atoms with Gasteiger partial charge in [-0.2, -0.15) is 5.10 Å². The van der Waals surface area contributed by atoms with E-state index in [2.05, 4.69) is 32.2 Å². The van der Waals surface area contributed by atoms with Gasteiger partial charge in [-0.1, -0.05) is 6.92 Å². The van der Waals surface area contributed by atoms with Crippen molar-refractivity contribution in [3.05, 3.63) is 41.7 Å². The largest absolute Gasteiger partial charge is 0.373 e. The SMILES string of the molecule is CCN1CCO[C@@H](CNC(=O)c2cnc(C)cn2)[C@@H]1c1cnn(C)c1. The Morgan fingerprint density at radius 3 is 2.84 bits per heavy atom. The van der Waals surface area contributed by atoms with E-state index >= 15 is 0 Å². The third-order valence-electron chi connectivity index (χ3n) is 4.41. The van der Waals surface area contributed by atoms with Crippen LogP contribution in [0.3, 0.4) is 0 Å². The zero-order valence-electron chi connectivity index (χ0n) is 14.8. The van der Waals surface area contributed by atoms with E-state index in [0.29, 0.717) is 18.8 Å². The molecule has 3 heterocycles. The van der Waals surface area contributed by atoms with E-state index in [-0.39, 0.29) is 18.1 Å². The molecule has 8 heteroatoms. The van der Waals surface area contributed by atoms with Gasteiger partial charge in [-0.3, -0.25) is 19.4 Å². The van der Waals surface area contributed by atoms with Gasteiger partial charge < -0.3 is 10.1 Å². The Balaban J connectivity index is 1.70. The summed E-state index contributed by atoms with van der Waals surface area (Å²) in [7, 11) is 1.90. The normalized spacial score (nSPS) is 21.2. The van der Waals surface area contributed by atoms with Crippen molar-refractivity contribution in [1.29, 1.82) is 0 Å². The molecule has 2 atom stereocenters. The topological polar surface area (TPSA) is 85.2 Å². The van der Waals surface area contributed by atoms with Gasteiger partial charge >= 0.3 is 0 Å². The second kappa shape index (κ2) is 7.71. The second-order valence-electron chi connectivity index (χ2n) is 6.18. The van der Waals surface area contributed by atoms with E-state index < -0.39 is 0 Å². The number of nitrogens with one attached hydrogen (secondary N) is 1. The van der Waals surface area contributed by atoms with Crippen LogP contribution in [0.25, 0.3) is 0 Å². The van der Waals surface area contributed by atoms with Crippen LogP contribution in [-0.2, 0) is 11.8 Å². The molecule has 1 amide bonds. The maximum Gasteiger partial charge on any atom is 0.271 e. The van der Waals surface area contributed by atoms with E-state index in [0.717, 1.165) is 24.3 Å². The number of morpholine rings is 1. The third kappa shape index (κ3) is 4.02. The maximum atomic E-state index is 12.3. The molecular formula is C17H24N6O2. The van der Waals surface area contributed by atoms with Gasteiger partial charge in [0.2, 0.25) is 0 Å². The van der Waals surface area contributed by atoms with Crippen molar-refractivity contribution in [3.8, 4) is 0 Å². The number of amides is 1. The summed E-state index contributed by atoms with van der Waals surface area (Å²) in [5.41, 5.74) is 2.19. The van der Waals surface area contributed by atoms with Crippen molar-refractivity contribution in [3.63, 3.8) is 0 Å². The highest BCUT2D eigenvalue weighted by molar-refractivity contribution is 5.91. The molecule has 2 aromatic rings. The highest BCUT2D eigenvalue weighted by Crippen LogP contribution is 2.28. The molecule has 3 rings (SSSR count). The van der Waals surface area contributed by atoms with Gasteiger partial charge in [-0.05, 0) is 13.5 Å². The monoisotopic (exact) mass is 344 g/mol. The summed E-state index contributed by atoms with van der Waals surface area (Å²) in [4.78, 5) is 22.9. The number of carbonyl (C=O) groups is 1. The summed E-state index contributed by atoms with van der Waals surface area (Å²) in [6.45, 7) is 6.80. The average molecular weight is 344 g/mol. The molecule has 1 aliphatic rings. The third-order valence-corrected chi connectivity index (χ3v) is 4.41. The lowest BCUT2D eigenvalue weighted by molar-refractivity contribution is -0.0685. The number of ether oxygens (including phenoxy) is 1. The summed E-state index contributed by atoms with van der Waals surface area (Å²) < 4.78 is 7.75. The molecule has 0 radical (unpaired) electrons. The lowest BCUT2D eigenvalue weighted by Crippen LogP contribution is -2.49. The molecule has 1 aliphatic heterocycles. The van der Waals surface area contributed by atoms with Gasteiger partial charge in [0.25, 0.3) is 5.91 Å². The zero-order chi connectivity index (χ0) is 17.8. The van der Waals surface area contributed by atoms with Crippen molar-refractivity contribution < 1.29 is 9.53 Å². The molecule has 25 heavy (non-hydrogen) atoms. The minimum atomic E-state index is -0.241. The van der Waals surface area contributed by atoms with Gasteiger partial charge in [-0.15, -0.1) is 0 Å². The molecule has 0 aromatic carbocycles. The first kappa shape index (κ1) is 17.5. The number of aryl methyl sites for hydroxylation is 2. The van der Waals surface area contributed by atoms with E-state index in [1.807, 2.05) is 26.4 Å². The van der Waals surface area contributed by atoms with E-state index in [1.165, 1.54) is 6.20 Å². The predicted octanol–water partition coefficient (Wildman–Crippen LogP) is 0.710. The number of aromatic nitrogens is 4. The van der Waals surface area contributed by atoms with Crippen molar-refractivity contribution in [2.45, 2.75) is 26.0 Å². The van der Waals surface area contributed by atoms with Gasteiger partial charge in [0.1, 0.15) is 5.69 Å². The van der Waals surface area contributed by atoms with E-state index in [9.17, 15) is 4.79 Å². The van der Waals surface area contributed by atoms with Crippen molar-refractivity contribution in [2.75, 3.05) is 26.2 Å². The van der Waals surface area contributed by atoms with E-state index in [4.69, 9.17) is 4.74 Å². The zero-order valence-corrected chi connectivity index (χ0v) is 14.8. The molecule has 0 unspecified atom stereocenters. The van der Waals surface area contributed by atoms with E-state index in [1.54, 1.807) is 10.9 Å². The molecule has 0 spiro atoms. The number of hydrogen-bond acceptors (Lipinski definition) is 6. The molecule has 1 saturated heterocycles. The maximum absolute atomic E-state index is 12.3. The van der Waals surface area contributed by atoms with Crippen LogP contribution < -0.4 is 5.32 Å². The number of rotatable bonds is 5. The second-order valence-corrected chi connectivity index (χ2v) is 6.18. The van der Waals surface area contributed by atoms with Crippen LogP contribution in [0.1, 0.15) is 34.7 Å². The molecule has 0 aliphatic carbocycles. The van der Waals surface area contributed by atoms with Crippen LogP contribution in [0.5, 0.6) is 0 Å². The highest BCUT2D eigenvalue weighted by Gasteiger charge is 2.33. The van der Waals surface area contributed by atoms with Crippen LogP contribution in [0.4, 0.5) is 0 Å². The Bertz CT molecular complexity index is 714. The number of carbonyl (C=O) groups excluding carboxylic acids is 1. The molecule has 1 fully saturated rings. The molecular weight excluding hydrogens is 320 g/mol. The van der Waals surface area contributed by atoms with Crippen LogP contribution in [-0.4, -0.2) is 62.9 Å². The standard InChI is InChI=1S/C17H24N6O2/c1-4-23-5-6-25-15(16(23)13-8-21-22(3)11-13)10-20-17(24)14-9-18-12(2)7-19-14/h7-9,11,15-16H,4-6,10H2,1-3H3,(H,20,24)/t15-,16-/m0/s1. The fourth-order valence-corrected chi connectivity index (χ4v) is 3.12. The Hall–Kier alpha value is -2.32. The fraction of sp³-hybridized carbons (Fsp3) is 0.529. The first-order valence-corrected chi connectivity index (χ1v) is 8.49. The Kier molecular flexibility index (Phi) is 5.40. The predicted molar refractivity (Wildman–Crippen MR) is 92.0 cm³/mol. The van der Waals surface area contributed by atoms with Crippen molar-refractivity contribution in [2.24, 2.45) is 7.05 Å². The number of hydrogen-bond donors (Lipinski definition) is 1. The van der Waals surface area contributed by atoms with Crippen LogP contribution in [0.2, 0.25) is 0 Å². The quantitative estimate of drug-likeness (QED) is 0.860. The fourth-order valence-electron chi connectivity index (χ4n) is 3.12. The Morgan fingerprint density at radius 1 is 1.36 bits per heavy atom. The van der Waals surface area contributed by atoms with Crippen molar-refractivity contribution >= 4 is 5.91 Å². The Labute approximate surface area is 147 Å². The van der Waals surface area contributed by atoms with Crippen molar-refractivity contribution in [1.82, 2.24) is 30.0 Å². The average Bonchev–Trinajstić information content (AvgIpc) is 3.05. The molecule has 1 N–H and O–H groups in total. The first-order valence-electron chi connectivity index (χ1n) is 8.49. The lowest BCUT2D eigenvalue weighted by Gasteiger charge is -2.40. The van der Waals surface area contributed by atoms with Crippen LogP contribution >= 0.6 is 0 Å². The summed E-state index contributed by atoms with van der Waals surface area (Å²) >= 11 is 0. The minimum absolute atomic E-state index is 0.0665. The first-order chi connectivity index (χ1) is 12.1. The molecule has 2 aromatic heterocycles. The molecule has 8 nitrogen and oxygen atoms in total. The van der Waals surface area contributed by atoms with Gasteiger partial charge in [0.05, 0.1) is 36.8 Å². The number of likely N-dealkylation sites (N-methyl/N-ethyl adjacent to an activating group) is 1. The summed E-state index contributed by atoms with van der Waals surface area (Å²) in [5, 5.41) is 7.19. The lowest BCUT2D eigenvalue weighted by atomic mass is 10.0. The summed E-state index contributed by atoms with van der Waals surface area (Å²) in [5.74, 6) is -0.241. The van der Waals surface area contributed by atoms with Gasteiger partial charge in [-0.25, -0.2) is 4.98 Å². The molecule has 0 bridgehead atoms. The molecule has 134 valence electrons. The van der Waals surface area contributed by atoms with Gasteiger partial charge in [0, 0.05) is 38.1 Å². The summed E-state index contributed by atoms with van der Waals surface area (Å²) in [6.07, 6.45) is 6.80. The summed E-state index contributed by atoms with van der Waals surface area (Å²) in [6, 6.07) is 0.0665. The van der Waals surface area contributed by atoms with Gasteiger partial charge in [0.15, 0.2) is 0 Å². The number of nitrogens with zero attached hydrogens (tertiary/aromatic N) is 5. The van der Waals surface area contributed by atoms with Crippen LogP contribution in [0, 0.1) is 6.92 Å². The highest BCUT2D eigenvalue weighted by atomic mass is 16.5. The smallest absolute Gasteiger partial charge is 0.271 e. The Morgan fingerprint density at radius 2 is 2.20 bits per heavy atom.